The summed E-state index contributed by atoms with van der Waals surface area (Å²) >= 11 is 0. The van der Waals surface area contributed by atoms with Gasteiger partial charge >= 0.3 is 6.18 Å². The van der Waals surface area contributed by atoms with Crippen molar-refractivity contribution in [2.24, 2.45) is 0 Å². The maximum absolute atomic E-state index is 13.9. The standard InChI is InChI=1S/C22H27F3N5O2P/c1-32-17-8-7-14-15(11-27-19(14)20(17)33(2,3)31)18-16(22(23,24)25)12-28-21(30-18)29-13-6-4-5-9-26-10-13/h7-8,11-13,26-27H,4-6,9-10H2,1-3H3,(H,28,29,30)/t13-/m0/s1. The third kappa shape index (κ3) is 4.87. The molecule has 4 rings (SSSR count). The zero-order chi connectivity index (χ0) is 23.8. The Morgan fingerprint density at radius 1 is 1.24 bits per heavy atom. The maximum atomic E-state index is 13.9. The second-order valence-electron chi connectivity index (χ2n) is 8.59. The van der Waals surface area contributed by atoms with Gasteiger partial charge in [-0.15, -0.1) is 0 Å². The van der Waals surface area contributed by atoms with E-state index in [9.17, 15) is 17.7 Å². The van der Waals surface area contributed by atoms with E-state index in [2.05, 4.69) is 25.6 Å². The second-order valence-corrected chi connectivity index (χ2v) is 11.7. The summed E-state index contributed by atoms with van der Waals surface area (Å²) in [5.74, 6) is 0.567. The van der Waals surface area contributed by atoms with Crippen LogP contribution in [0.3, 0.4) is 0 Å². The van der Waals surface area contributed by atoms with Crippen LogP contribution in [0.5, 0.6) is 5.75 Å². The fourth-order valence-electron chi connectivity index (χ4n) is 4.25. The average molecular weight is 481 g/mol. The van der Waals surface area contributed by atoms with Crippen LogP contribution in [-0.4, -0.2) is 54.5 Å². The molecule has 0 aliphatic carbocycles. The molecule has 1 aliphatic rings. The Labute approximate surface area is 189 Å². The molecular formula is C22H27F3N5O2P. The number of H-pyrrole nitrogens is 1. The smallest absolute Gasteiger partial charge is 0.419 e. The van der Waals surface area contributed by atoms with Gasteiger partial charge in [0.05, 0.1) is 23.6 Å². The van der Waals surface area contributed by atoms with E-state index in [-0.39, 0.29) is 23.2 Å². The number of methoxy groups -OCH3 is 1. The Bertz CT molecular complexity index is 1200. The Hall–Kier alpha value is -2.58. The van der Waals surface area contributed by atoms with Crippen molar-refractivity contribution in [2.75, 3.05) is 38.8 Å². The van der Waals surface area contributed by atoms with Gasteiger partial charge in [-0.1, -0.05) is 6.42 Å². The zero-order valence-electron chi connectivity index (χ0n) is 18.7. The topological polar surface area (TPSA) is 91.9 Å². The molecule has 178 valence electrons. The molecule has 3 heterocycles. The first-order chi connectivity index (χ1) is 15.6. The van der Waals surface area contributed by atoms with Crippen molar-refractivity contribution in [3.8, 4) is 17.0 Å². The minimum atomic E-state index is -4.64. The number of halogens is 3. The number of aromatic amines is 1. The van der Waals surface area contributed by atoms with Crippen LogP contribution in [0.25, 0.3) is 22.2 Å². The molecule has 0 unspecified atom stereocenters. The van der Waals surface area contributed by atoms with E-state index < -0.39 is 18.9 Å². The van der Waals surface area contributed by atoms with Crippen LogP contribution >= 0.6 is 7.14 Å². The van der Waals surface area contributed by atoms with Gasteiger partial charge in [0.15, 0.2) is 0 Å². The third-order valence-corrected chi connectivity index (χ3v) is 7.30. The van der Waals surface area contributed by atoms with Crippen molar-refractivity contribution in [1.82, 2.24) is 20.3 Å². The summed E-state index contributed by atoms with van der Waals surface area (Å²) in [5, 5.41) is 7.43. The van der Waals surface area contributed by atoms with E-state index in [1.165, 1.54) is 13.3 Å². The molecule has 1 saturated heterocycles. The average Bonchev–Trinajstić information content (AvgIpc) is 3.00. The third-order valence-electron chi connectivity index (χ3n) is 5.78. The highest BCUT2D eigenvalue weighted by Gasteiger charge is 2.36. The number of nitrogens with zero attached hydrogens (tertiary/aromatic N) is 2. The first kappa shape index (κ1) is 23.6. The van der Waals surface area contributed by atoms with Gasteiger partial charge in [-0.2, -0.15) is 13.2 Å². The lowest BCUT2D eigenvalue weighted by molar-refractivity contribution is -0.137. The number of hydrogen-bond acceptors (Lipinski definition) is 6. The van der Waals surface area contributed by atoms with Crippen molar-refractivity contribution in [3.63, 3.8) is 0 Å². The number of hydrogen-bond donors (Lipinski definition) is 3. The van der Waals surface area contributed by atoms with E-state index in [1.807, 2.05) is 0 Å². The summed E-state index contributed by atoms with van der Waals surface area (Å²) in [7, 11) is -1.34. The zero-order valence-corrected chi connectivity index (χ0v) is 19.6. The van der Waals surface area contributed by atoms with Crippen LogP contribution in [0.2, 0.25) is 0 Å². The molecule has 1 atom stereocenters. The minimum Gasteiger partial charge on any atom is -0.496 e. The molecule has 11 heteroatoms. The SMILES string of the molecule is COc1ccc2c(-c3nc(N[C@H]4CCCCNC4)ncc3C(F)(F)F)c[nH]c2c1P(C)(C)=O. The fourth-order valence-corrected chi connectivity index (χ4v) is 5.67. The number of fused-ring (bicyclic) bond motifs is 1. The Morgan fingerprint density at radius 3 is 2.73 bits per heavy atom. The Morgan fingerprint density at radius 2 is 2.03 bits per heavy atom. The Balaban J connectivity index is 1.85. The molecule has 0 amide bonds. The summed E-state index contributed by atoms with van der Waals surface area (Å²) < 4.78 is 60.0. The monoisotopic (exact) mass is 481 g/mol. The summed E-state index contributed by atoms with van der Waals surface area (Å²) in [6.45, 7) is 4.80. The van der Waals surface area contributed by atoms with Crippen molar-refractivity contribution in [3.05, 3.63) is 30.1 Å². The number of alkyl halides is 3. The van der Waals surface area contributed by atoms with Gasteiger partial charge < -0.3 is 24.9 Å². The number of rotatable bonds is 5. The van der Waals surface area contributed by atoms with E-state index in [4.69, 9.17) is 4.74 Å². The molecule has 3 N–H and O–H groups in total. The summed E-state index contributed by atoms with van der Waals surface area (Å²) in [6, 6.07) is 3.31. The van der Waals surface area contributed by atoms with Crippen LogP contribution in [-0.2, 0) is 10.7 Å². The molecule has 0 saturated carbocycles. The van der Waals surface area contributed by atoms with Crippen molar-refractivity contribution >= 4 is 29.3 Å². The van der Waals surface area contributed by atoms with Crippen molar-refractivity contribution < 1.29 is 22.5 Å². The number of nitrogens with one attached hydrogen (secondary N) is 3. The van der Waals surface area contributed by atoms with Gasteiger partial charge in [0, 0.05) is 35.9 Å². The lowest BCUT2D eigenvalue weighted by Crippen LogP contribution is -2.31. The normalized spacial score (nSPS) is 17.7. The quantitative estimate of drug-likeness (QED) is 0.467. The van der Waals surface area contributed by atoms with E-state index in [0.29, 0.717) is 28.5 Å². The molecule has 2 aromatic heterocycles. The Kier molecular flexibility index (Phi) is 6.42. The van der Waals surface area contributed by atoms with Crippen LogP contribution in [0.15, 0.2) is 24.5 Å². The van der Waals surface area contributed by atoms with Crippen molar-refractivity contribution in [2.45, 2.75) is 31.5 Å². The molecule has 7 nitrogen and oxygen atoms in total. The summed E-state index contributed by atoms with van der Waals surface area (Å²) in [5.41, 5.74) is -0.418. The van der Waals surface area contributed by atoms with Crippen molar-refractivity contribution in [1.29, 1.82) is 0 Å². The molecule has 0 radical (unpaired) electrons. The number of anilines is 1. The maximum Gasteiger partial charge on any atom is 0.419 e. The molecule has 1 aromatic carbocycles. The van der Waals surface area contributed by atoms with Gasteiger partial charge in [-0.05, 0) is 44.8 Å². The molecule has 33 heavy (non-hydrogen) atoms. The summed E-state index contributed by atoms with van der Waals surface area (Å²) in [4.78, 5) is 11.3. The predicted octanol–water partition coefficient (Wildman–Crippen LogP) is 4.45. The second kappa shape index (κ2) is 8.99. The van der Waals surface area contributed by atoms with Gasteiger partial charge in [0.25, 0.3) is 0 Å². The van der Waals surface area contributed by atoms with Crippen LogP contribution < -0.4 is 20.7 Å². The predicted molar refractivity (Wildman–Crippen MR) is 124 cm³/mol. The van der Waals surface area contributed by atoms with Gasteiger partial charge in [0.2, 0.25) is 5.95 Å². The summed E-state index contributed by atoms with van der Waals surface area (Å²) in [6.07, 6.45) is 0.601. The van der Waals surface area contributed by atoms with Crippen LogP contribution in [0.1, 0.15) is 24.8 Å². The van der Waals surface area contributed by atoms with E-state index in [0.717, 1.165) is 32.0 Å². The largest absolute Gasteiger partial charge is 0.496 e. The van der Waals surface area contributed by atoms with Crippen LogP contribution in [0, 0.1) is 0 Å². The molecule has 1 aliphatic heterocycles. The lowest BCUT2D eigenvalue weighted by Gasteiger charge is -2.18. The fraction of sp³-hybridized carbons (Fsp3) is 0.455. The molecule has 1 fully saturated rings. The highest BCUT2D eigenvalue weighted by molar-refractivity contribution is 7.70. The molecule has 0 spiro atoms. The first-order valence-corrected chi connectivity index (χ1v) is 13.3. The highest BCUT2D eigenvalue weighted by Crippen LogP contribution is 2.44. The van der Waals surface area contributed by atoms with Crippen LogP contribution in [0.4, 0.5) is 19.1 Å². The molecular weight excluding hydrogens is 454 g/mol. The number of ether oxygens (including phenoxy) is 1. The molecule has 3 aromatic rings. The van der Waals surface area contributed by atoms with Gasteiger partial charge in [0.1, 0.15) is 18.5 Å². The highest BCUT2D eigenvalue weighted by atomic mass is 31.2. The lowest BCUT2D eigenvalue weighted by atomic mass is 10.1. The van der Waals surface area contributed by atoms with Gasteiger partial charge in [-0.3, -0.25) is 0 Å². The number of benzene rings is 1. The van der Waals surface area contributed by atoms with E-state index >= 15 is 0 Å². The first-order valence-electron chi connectivity index (χ1n) is 10.7. The molecule has 0 bridgehead atoms. The van der Waals surface area contributed by atoms with E-state index in [1.54, 1.807) is 25.5 Å². The minimum absolute atomic E-state index is 0.0296. The number of aromatic nitrogens is 3. The van der Waals surface area contributed by atoms with Gasteiger partial charge in [-0.25, -0.2) is 9.97 Å².